The molecule has 0 amide bonds. The fourth-order valence-electron chi connectivity index (χ4n) is 1.50. The van der Waals surface area contributed by atoms with Gasteiger partial charge in [0.05, 0.1) is 17.6 Å². The predicted octanol–water partition coefficient (Wildman–Crippen LogP) is 3.25. The highest BCUT2D eigenvalue weighted by atomic mass is 32.2. The molecule has 4 nitrogen and oxygen atoms in total. The maximum Gasteiger partial charge on any atom is 0.354 e. The maximum absolute atomic E-state index is 10.7. The van der Waals surface area contributed by atoms with E-state index in [9.17, 15) is 4.79 Å². The predicted molar refractivity (Wildman–Crippen MR) is 72.7 cm³/mol. The maximum atomic E-state index is 10.7. The molecule has 1 heterocycles. The van der Waals surface area contributed by atoms with Crippen molar-refractivity contribution in [2.75, 3.05) is 11.6 Å². The molecule has 2 rings (SSSR count). The lowest BCUT2D eigenvalue weighted by atomic mass is 10.3. The summed E-state index contributed by atoms with van der Waals surface area (Å²) in [6.07, 6.45) is 3.52. The molecular formula is C13H12N2O2S. The van der Waals surface area contributed by atoms with Crippen LogP contribution in [0.5, 0.6) is 0 Å². The highest BCUT2D eigenvalue weighted by molar-refractivity contribution is 7.98. The Balaban J connectivity index is 2.21. The van der Waals surface area contributed by atoms with Gasteiger partial charge >= 0.3 is 5.97 Å². The Bertz CT molecular complexity index is 555. The Labute approximate surface area is 109 Å². The Morgan fingerprint density at radius 2 is 2.06 bits per heavy atom. The summed E-state index contributed by atoms with van der Waals surface area (Å²) < 4.78 is 0. The number of aromatic nitrogens is 1. The van der Waals surface area contributed by atoms with Gasteiger partial charge in [-0.15, -0.1) is 11.8 Å². The van der Waals surface area contributed by atoms with E-state index in [0.29, 0.717) is 0 Å². The lowest BCUT2D eigenvalue weighted by Gasteiger charge is -2.09. The number of carboxylic acid groups (broad SMARTS) is 1. The van der Waals surface area contributed by atoms with Gasteiger partial charge in [0.15, 0.2) is 0 Å². The molecule has 2 aromatic rings. The van der Waals surface area contributed by atoms with Crippen molar-refractivity contribution < 1.29 is 9.90 Å². The summed E-state index contributed by atoms with van der Waals surface area (Å²) in [4.78, 5) is 15.7. The molecule has 0 saturated heterocycles. The number of benzene rings is 1. The number of anilines is 2. The number of pyridine rings is 1. The van der Waals surface area contributed by atoms with Crippen molar-refractivity contribution in [2.45, 2.75) is 4.90 Å². The molecule has 0 aliphatic heterocycles. The summed E-state index contributed by atoms with van der Waals surface area (Å²) in [5, 5.41) is 12.0. The number of carboxylic acids is 1. The molecule has 0 aliphatic rings. The van der Waals surface area contributed by atoms with Crippen LogP contribution < -0.4 is 5.32 Å². The number of para-hydroxylation sites is 1. The smallest absolute Gasteiger partial charge is 0.354 e. The van der Waals surface area contributed by atoms with Gasteiger partial charge in [-0.2, -0.15) is 0 Å². The number of nitrogens with zero attached hydrogens (tertiary/aromatic N) is 1. The topological polar surface area (TPSA) is 62.2 Å². The summed E-state index contributed by atoms with van der Waals surface area (Å²) >= 11 is 1.65. The second kappa shape index (κ2) is 5.55. The van der Waals surface area contributed by atoms with Gasteiger partial charge < -0.3 is 10.4 Å². The zero-order valence-electron chi connectivity index (χ0n) is 9.75. The number of hydrogen-bond donors (Lipinski definition) is 2. The Kier molecular flexibility index (Phi) is 3.84. The van der Waals surface area contributed by atoms with E-state index in [1.54, 1.807) is 17.8 Å². The Morgan fingerprint density at radius 3 is 2.67 bits per heavy atom. The number of rotatable bonds is 4. The van der Waals surface area contributed by atoms with Crippen LogP contribution in [0, 0.1) is 0 Å². The fourth-order valence-corrected chi connectivity index (χ4v) is 2.05. The highest BCUT2D eigenvalue weighted by Gasteiger charge is 2.05. The van der Waals surface area contributed by atoms with Gasteiger partial charge in [-0.25, -0.2) is 9.78 Å². The summed E-state index contributed by atoms with van der Waals surface area (Å²) in [7, 11) is 0. The quantitative estimate of drug-likeness (QED) is 0.826. The first-order valence-electron chi connectivity index (χ1n) is 5.30. The van der Waals surface area contributed by atoms with E-state index in [1.807, 2.05) is 30.5 Å². The van der Waals surface area contributed by atoms with Crippen LogP contribution in [0.15, 0.2) is 47.5 Å². The minimum atomic E-state index is -1.02. The standard InChI is InChI=1S/C13H12N2O2S/c1-18-12-5-3-2-4-10(12)15-9-6-7-11(13(16)17)14-8-9/h2-8,15H,1H3,(H,16,17). The van der Waals surface area contributed by atoms with Crippen LogP contribution in [0.2, 0.25) is 0 Å². The summed E-state index contributed by atoms with van der Waals surface area (Å²) in [5.41, 5.74) is 1.79. The van der Waals surface area contributed by atoms with Gasteiger partial charge in [0.2, 0.25) is 0 Å². The largest absolute Gasteiger partial charge is 0.477 e. The third kappa shape index (κ3) is 2.81. The average molecular weight is 260 g/mol. The van der Waals surface area contributed by atoms with E-state index in [0.717, 1.165) is 16.3 Å². The van der Waals surface area contributed by atoms with E-state index in [1.165, 1.54) is 12.3 Å². The molecule has 0 spiro atoms. The van der Waals surface area contributed by atoms with Crippen LogP contribution in [0.25, 0.3) is 0 Å². The molecule has 2 N–H and O–H groups in total. The number of hydrogen-bond acceptors (Lipinski definition) is 4. The van der Waals surface area contributed by atoms with Crippen molar-refractivity contribution >= 4 is 29.1 Å². The van der Waals surface area contributed by atoms with E-state index in [4.69, 9.17) is 5.11 Å². The Morgan fingerprint density at radius 1 is 1.28 bits per heavy atom. The molecule has 0 bridgehead atoms. The van der Waals surface area contributed by atoms with Gasteiger partial charge in [-0.1, -0.05) is 12.1 Å². The lowest BCUT2D eigenvalue weighted by molar-refractivity contribution is 0.0690. The molecule has 0 radical (unpaired) electrons. The average Bonchev–Trinajstić information content (AvgIpc) is 2.40. The Hall–Kier alpha value is -2.01. The molecule has 1 aromatic carbocycles. The van der Waals surface area contributed by atoms with Crippen molar-refractivity contribution in [2.24, 2.45) is 0 Å². The molecule has 0 unspecified atom stereocenters. The van der Waals surface area contributed by atoms with Gasteiger partial charge in [0.25, 0.3) is 0 Å². The molecule has 5 heteroatoms. The van der Waals surface area contributed by atoms with Crippen LogP contribution in [-0.4, -0.2) is 22.3 Å². The van der Waals surface area contributed by atoms with Gasteiger partial charge in [0, 0.05) is 4.90 Å². The number of nitrogens with one attached hydrogen (secondary N) is 1. The fraction of sp³-hybridized carbons (Fsp3) is 0.0769. The monoisotopic (exact) mass is 260 g/mol. The molecule has 0 aliphatic carbocycles. The van der Waals surface area contributed by atoms with E-state index < -0.39 is 5.97 Å². The molecule has 0 saturated carbocycles. The van der Waals surface area contributed by atoms with Crippen LogP contribution >= 0.6 is 11.8 Å². The normalized spacial score (nSPS) is 10.1. The number of thioether (sulfide) groups is 1. The molecular weight excluding hydrogens is 248 g/mol. The zero-order chi connectivity index (χ0) is 13.0. The van der Waals surface area contributed by atoms with Crippen molar-refractivity contribution in [3.05, 3.63) is 48.3 Å². The van der Waals surface area contributed by atoms with Crippen molar-refractivity contribution in [3.63, 3.8) is 0 Å². The second-order valence-corrected chi connectivity index (χ2v) is 4.41. The number of aromatic carboxylic acids is 1. The molecule has 92 valence electrons. The highest BCUT2D eigenvalue weighted by Crippen LogP contribution is 2.27. The van der Waals surface area contributed by atoms with Crippen molar-refractivity contribution in [3.8, 4) is 0 Å². The zero-order valence-corrected chi connectivity index (χ0v) is 10.6. The lowest BCUT2D eigenvalue weighted by Crippen LogP contribution is -2.00. The van der Waals surface area contributed by atoms with Crippen LogP contribution in [-0.2, 0) is 0 Å². The van der Waals surface area contributed by atoms with Gasteiger partial charge in [-0.3, -0.25) is 0 Å². The van der Waals surface area contributed by atoms with E-state index in [2.05, 4.69) is 10.3 Å². The van der Waals surface area contributed by atoms with Crippen LogP contribution in [0.4, 0.5) is 11.4 Å². The first-order chi connectivity index (χ1) is 8.70. The van der Waals surface area contributed by atoms with Crippen LogP contribution in [0.1, 0.15) is 10.5 Å². The first-order valence-corrected chi connectivity index (χ1v) is 6.52. The van der Waals surface area contributed by atoms with Crippen molar-refractivity contribution in [1.29, 1.82) is 0 Å². The third-order valence-corrected chi connectivity index (χ3v) is 3.16. The second-order valence-electron chi connectivity index (χ2n) is 3.56. The van der Waals surface area contributed by atoms with Crippen molar-refractivity contribution in [1.82, 2.24) is 4.98 Å². The number of carbonyl (C=O) groups is 1. The molecule has 18 heavy (non-hydrogen) atoms. The van der Waals surface area contributed by atoms with E-state index >= 15 is 0 Å². The summed E-state index contributed by atoms with van der Waals surface area (Å²) in [6, 6.07) is 11.1. The van der Waals surface area contributed by atoms with E-state index in [-0.39, 0.29) is 5.69 Å². The molecule has 1 aromatic heterocycles. The third-order valence-electron chi connectivity index (χ3n) is 2.37. The van der Waals surface area contributed by atoms with Gasteiger partial charge in [0.1, 0.15) is 5.69 Å². The molecule has 0 fully saturated rings. The first kappa shape index (κ1) is 12.4. The summed E-state index contributed by atoms with van der Waals surface area (Å²) in [6.45, 7) is 0. The SMILES string of the molecule is CSc1ccccc1Nc1ccc(C(=O)O)nc1. The minimum Gasteiger partial charge on any atom is -0.477 e. The minimum absolute atomic E-state index is 0.0405. The molecule has 0 atom stereocenters. The van der Waals surface area contributed by atoms with Crippen LogP contribution in [0.3, 0.4) is 0 Å². The summed E-state index contributed by atoms with van der Waals surface area (Å²) in [5.74, 6) is -1.02. The van der Waals surface area contributed by atoms with Gasteiger partial charge in [-0.05, 0) is 30.5 Å².